The van der Waals surface area contributed by atoms with Crippen molar-refractivity contribution in [2.45, 2.75) is 19.4 Å². The molecule has 2 N–H and O–H groups in total. The van der Waals surface area contributed by atoms with Crippen molar-refractivity contribution >= 4 is 11.8 Å². The van der Waals surface area contributed by atoms with Gasteiger partial charge in [-0.05, 0) is 12.5 Å². The summed E-state index contributed by atoms with van der Waals surface area (Å²) in [7, 11) is 0. The Balaban J connectivity index is 2.24. The van der Waals surface area contributed by atoms with Gasteiger partial charge in [0.2, 0.25) is 0 Å². The van der Waals surface area contributed by atoms with E-state index < -0.39 is 0 Å². The normalized spacial score (nSPS) is 20.9. The standard InChI is InChI=1S/C12H14N2O2/c1-8-3-2-4-9(5-8)11-6-10(15)7-13-12(16)14-11/h2-5,11H,6-7H2,1H3,(H2,13,14,16). The summed E-state index contributed by atoms with van der Waals surface area (Å²) in [5.41, 5.74) is 2.10. The molecule has 4 nitrogen and oxygen atoms in total. The van der Waals surface area contributed by atoms with E-state index in [9.17, 15) is 9.59 Å². The van der Waals surface area contributed by atoms with Crippen molar-refractivity contribution in [1.29, 1.82) is 0 Å². The number of Topliss-reactive ketones (excluding diaryl/α,β-unsaturated/α-hetero) is 1. The molecule has 1 heterocycles. The lowest BCUT2D eigenvalue weighted by atomic mass is 10.0. The molecule has 1 aliphatic heterocycles. The summed E-state index contributed by atoms with van der Waals surface area (Å²) in [5, 5.41) is 5.29. The van der Waals surface area contributed by atoms with Gasteiger partial charge in [0.25, 0.3) is 0 Å². The van der Waals surface area contributed by atoms with Gasteiger partial charge in [-0.1, -0.05) is 29.8 Å². The highest BCUT2D eigenvalue weighted by atomic mass is 16.2. The Morgan fingerprint density at radius 2 is 2.12 bits per heavy atom. The van der Waals surface area contributed by atoms with Crippen LogP contribution in [0.4, 0.5) is 4.79 Å². The van der Waals surface area contributed by atoms with Crippen LogP contribution in [0, 0.1) is 6.92 Å². The molecule has 0 saturated carbocycles. The molecule has 1 atom stereocenters. The first-order chi connectivity index (χ1) is 7.65. The minimum absolute atomic E-state index is 0.0462. The Kier molecular flexibility index (Phi) is 2.90. The van der Waals surface area contributed by atoms with Gasteiger partial charge in [-0.3, -0.25) is 4.79 Å². The molecule has 0 aromatic heterocycles. The molecule has 1 aromatic rings. The second kappa shape index (κ2) is 4.35. The largest absolute Gasteiger partial charge is 0.331 e. The van der Waals surface area contributed by atoms with Crippen LogP contribution in [-0.4, -0.2) is 18.4 Å². The van der Waals surface area contributed by atoms with Crippen molar-refractivity contribution < 1.29 is 9.59 Å². The maximum absolute atomic E-state index is 11.4. The van der Waals surface area contributed by atoms with Crippen molar-refractivity contribution in [1.82, 2.24) is 10.6 Å². The predicted octanol–water partition coefficient (Wildman–Crippen LogP) is 1.31. The highest BCUT2D eigenvalue weighted by Crippen LogP contribution is 2.19. The van der Waals surface area contributed by atoms with Crippen molar-refractivity contribution in [2.75, 3.05) is 6.54 Å². The Morgan fingerprint density at radius 3 is 2.88 bits per heavy atom. The maximum atomic E-state index is 11.4. The average Bonchev–Trinajstić information content (AvgIpc) is 2.41. The number of aryl methyl sites for hydroxylation is 1. The zero-order valence-corrected chi connectivity index (χ0v) is 9.12. The fraction of sp³-hybridized carbons (Fsp3) is 0.333. The van der Waals surface area contributed by atoms with Crippen LogP contribution < -0.4 is 10.6 Å². The maximum Gasteiger partial charge on any atom is 0.315 e. The average molecular weight is 218 g/mol. The van der Waals surface area contributed by atoms with Crippen LogP contribution in [0.3, 0.4) is 0 Å². The monoisotopic (exact) mass is 218 g/mol. The fourth-order valence-electron chi connectivity index (χ4n) is 1.83. The van der Waals surface area contributed by atoms with E-state index in [2.05, 4.69) is 10.6 Å². The van der Waals surface area contributed by atoms with Gasteiger partial charge in [-0.2, -0.15) is 0 Å². The molecule has 4 heteroatoms. The van der Waals surface area contributed by atoms with Gasteiger partial charge in [-0.25, -0.2) is 4.79 Å². The summed E-state index contributed by atoms with van der Waals surface area (Å²) in [6.45, 7) is 2.11. The van der Waals surface area contributed by atoms with E-state index in [-0.39, 0.29) is 24.4 Å². The number of hydrogen-bond donors (Lipinski definition) is 2. The first-order valence-corrected chi connectivity index (χ1v) is 5.28. The fourth-order valence-corrected chi connectivity index (χ4v) is 1.83. The van der Waals surface area contributed by atoms with Gasteiger partial charge < -0.3 is 10.6 Å². The Labute approximate surface area is 94.0 Å². The highest BCUT2D eigenvalue weighted by molar-refractivity contribution is 5.88. The number of carbonyl (C=O) groups is 2. The zero-order valence-electron chi connectivity index (χ0n) is 9.12. The summed E-state index contributed by atoms with van der Waals surface area (Å²) >= 11 is 0. The number of urea groups is 1. The predicted molar refractivity (Wildman–Crippen MR) is 60.1 cm³/mol. The van der Waals surface area contributed by atoms with E-state index in [0.717, 1.165) is 11.1 Å². The molecular weight excluding hydrogens is 204 g/mol. The molecule has 0 bridgehead atoms. The van der Waals surface area contributed by atoms with Crippen LogP contribution in [0.15, 0.2) is 24.3 Å². The summed E-state index contributed by atoms with van der Waals surface area (Å²) in [5.74, 6) is 0.0462. The third-order valence-corrected chi connectivity index (χ3v) is 2.63. The summed E-state index contributed by atoms with van der Waals surface area (Å²) in [6, 6.07) is 7.34. The van der Waals surface area contributed by atoms with Gasteiger partial charge in [-0.15, -0.1) is 0 Å². The number of benzene rings is 1. The van der Waals surface area contributed by atoms with E-state index in [0.29, 0.717) is 6.42 Å². The van der Waals surface area contributed by atoms with Crippen molar-refractivity contribution in [2.24, 2.45) is 0 Å². The molecule has 1 aromatic carbocycles. The number of ketones is 1. The van der Waals surface area contributed by atoms with Crippen LogP contribution in [-0.2, 0) is 4.79 Å². The molecule has 84 valence electrons. The van der Waals surface area contributed by atoms with E-state index in [1.54, 1.807) is 0 Å². The van der Waals surface area contributed by atoms with E-state index >= 15 is 0 Å². The third kappa shape index (κ3) is 2.39. The Bertz CT molecular complexity index is 411. The lowest BCUT2D eigenvalue weighted by molar-refractivity contribution is -0.118. The van der Waals surface area contributed by atoms with Crippen molar-refractivity contribution in [3.05, 3.63) is 35.4 Å². The lowest BCUT2D eigenvalue weighted by Crippen LogP contribution is -2.35. The lowest BCUT2D eigenvalue weighted by Gasteiger charge is -2.15. The van der Waals surface area contributed by atoms with Gasteiger partial charge in [0, 0.05) is 6.42 Å². The van der Waals surface area contributed by atoms with E-state index in [1.807, 2.05) is 31.2 Å². The first kappa shape index (κ1) is 10.7. The van der Waals surface area contributed by atoms with Gasteiger partial charge in [0.15, 0.2) is 5.78 Å². The number of rotatable bonds is 1. The molecule has 16 heavy (non-hydrogen) atoms. The Hall–Kier alpha value is -1.84. The second-order valence-corrected chi connectivity index (χ2v) is 4.04. The summed E-state index contributed by atoms with van der Waals surface area (Å²) < 4.78 is 0. The summed E-state index contributed by atoms with van der Waals surface area (Å²) in [4.78, 5) is 22.8. The smallest absolute Gasteiger partial charge is 0.315 e. The van der Waals surface area contributed by atoms with Gasteiger partial charge >= 0.3 is 6.03 Å². The van der Waals surface area contributed by atoms with Crippen LogP contribution >= 0.6 is 0 Å². The molecule has 1 saturated heterocycles. The number of hydrogen-bond acceptors (Lipinski definition) is 2. The van der Waals surface area contributed by atoms with Gasteiger partial charge in [0.1, 0.15) is 0 Å². The van der Waals surface area contributed by atoms with Crippen molar-refractivity contribution in [3.63, 3.8) is 0 Å². The number of carbonyl (C=O) groups excluding carboxylic acids is 2. The summed E-state index contributed by atoms with van der Waals surface area (Å²) in [6.07, 6.45) is 0.349. The number of amides is 2. The van der Waals surface area contributed by atoms with Crippen molar-refractivity contribution in [3.8, 4) is 0 Å². The third-order valence-electron chi connectivity index (χ3n) is 2.63. The van der Waals surface area contributed by atoms with Crippen LogP contribution in [0.5, 0.6) is 0 Å². The quantitative estimate of drug-likeness (QED) is 0.746. The molecule has 0 radical (unpaired) electrons. The highest BCUT2D eigenvalue weighted by Gasteiger charge is 2.22. The SMILES string of the molecule is Cc1cccc(C2CC(=O)CNC(=O)N2)c1. The molecular formula is C12H14N2O2. The molecule has 1 unspecified atom stereocenters. The van der Waals surface area contributed by atoms with Crippen LogP contribution in [0.25, 0.3) is 0 Å². The zero-order chi connectivity index (χ0) is 11.5. The Morgan fingerprint density at radius 1 is 1.31 bits per heavy atom. The second-order valence-electron chi connectivity index (χ2n) is 4.04. The molecule has 0 spiro atoms. The minimum atomic E-state index is -0.280. The number of nitrogens with one attached hydrogen (secondary N) is 2. The minimum Gasteiger partial charge on any atom is -0.331 e. The van der Waals surface area contributed by atoms with Gasteiger partial charge in [0.05, 0.1) is 12.6 Å². The molecule has 2 amide bonds. The van der Waals surface area contributed by atoms with E-state index in [4.69, 9.17) is 0 Å². The molecule has 1 fully saturated rings. The molecule has 2 rings (SSSR count). The molecule has 0 aliphatic carbocycles. The first-order valence-electron chi connectivity index (χ1n) is 5.28. The van der Waals surface area contributed by atoms with Crippen LogP contribution in [0.1, 0.15) is 23.6 Å². The van der Waals surface area contributed by atoms with E-state index in [1.165, 1.54) is 0 Å². The van der Waals surface area contributed by atoms with Crippen LogP contribution in [0.2, 0.25) is 0 Å². The molecule has 1 aliphatic rings. The topological polar surface area (TPSA) is 58.2 Å².